The second-order valence-electron chi connectivity index (χ2n) is 6.24. The van der Waals surface area contributed by atoms with Crippen molar-refractivity contribution in [1.82, 2.24) is 0 Å². The predicted octanol–water partition coefficient (Wildman–Crippen LogP) is 7.14. The fourth-order valence-corrected chi connectivity index (χ4v) is 3.03. The van der Waals surface area contributed by atoms with Gasteiger partial charge in [0.05, 0.1) is 12.3 Å². The Balaban J connectivity index is 1.77. The van der Waals surface area contributed by atoms with Crippen LogP contribution in [-0.4, -0.2) is 12.8 Å². The van der Waals surface area contributed by atoms with Gasteiger partial charge in [0, 0.05) is 15.7 Å². The molecule has 3 aromatic carbocycles. The van der Waals surface area contributed by atoms with Gasteiger partial charge in [-0.25, -0.2) is 0 Å². The molecule has 0 aromatic heterocycles. The van der Waals surface area contributed by atoms with E-state index in [1.165, 1.54) is 0 Å². The molecule has 0 radical (unpaired) electrons. The van der Waals surface area contributed by atoms with E-state index in [4.69, 9.17) is 21.1 Å². The zero-order valence-electron chi connectivity index (χ0n) is 15.8. The first-order valence-electron chi connectivity index (χ1n) is 8.99. The molecule has 0 aliphatic carbocycles. The van der Waals surface area contributed by atoms with E-state index in [-0.39, 0.29) is 0 Å². The van der Waals surface area contributed by atoms with E-state index in [1.54, 1.807) is 6.21 Å². The molecule has 0 saturated heterocycles. The molecule has 0 bridgehead atoms. The van der Waals surface area contributed by atoms with Crippen LogP contribution >= 0.6 is 27.5 Å². The van der Waals surface area contributed by atoms with E-state index in [0.29, 0.717) is 29.7 Å². The van der Waals surface area contributed by atoms with Crippen molar-refractivity contribution in [3.63, 3.8) is 0 Å². The maximum absolute atomic E-state index is 6.07. The lowest BCUT2D eigenvalue weighted by molar-refractivity contribution is 0.269. The molecule has 0 spiro atoms. The average molecular weight is 459 g/mol. The van der Waals surface area contributed by atoms with Crippen molar-refractivity contribution < 1.29 is 9.47 Å². The zero-order valence-corrected chi connectivity index (χ0v) is 18.1. The number of rotatable bonds is 7. The van der Waals surface area contributed by atoms with Gasteiger partial charge < -0.3 is 9.47 Å². The van der Waals surface area contributed by atoms with Crippen molar-refractivity contribution in [3.05, 3.63) is 86.8 Å². The third-order valence-electron chi connectivity index (χ3n) is 4.10. The smallest absolute Gasteiger partial charge is 0.161 e. The molecule has 5 heteroatoms. The van der Waals surface area contributed by atoms with E-state index in [1.807, 2.05) is 74.5 Å². The molecule has 0 unspecified atom stereocenters. The second kappa shape index (κ2) is 9.76. The van der Waals surface area contributed by atoms with Crippen molar-refractivity contribution in [1.29, 1.82) is 0 Å². The Kier molecular flexibility index (Phi) is 7.12. The van der Waals surface area contributed by atoms with E-state index in [2.05, 4.69) is 20.9 Å². The molecule has 0 aliphatic rings. The molecule has 3 rings (SSSR count). The molecule has 144 valence electrons. The van der Waals surface area contributed by atoms with Crippen molar-refractivity contribution in [2.45, 2.75) is 20.5 Å². The first-order chi connectivity index (χ1) is 13.5. The first kappa shape index (κ1) is 20.4. The molecule has 0 heterocycles. The van der Waals surface area contributed by atoms with Crippen LogP contribution in [0.2, 0.25) is 5.02 Å². The molecule has 0 N–H and O–H groups in total. The van der Waals surface area contributed by atoms with E-state index in [9.17, 15) is 0 Å². The largest absolute Gasteiger partial charge is 0.490 e. The number of hydrogen-bond donors (Lipinski definition) is 0. The van der Waals surface area contributed by atoms with Crippen molar-refractivity contribution in [3.8, 4) is 11.5 Å². The summed E-state index contributed by atoms with van der Waals surface area (Å²) in [6.07, 6.45) is 1.81. The predicted molar refractivity (Wildman–Crippen MR) is 120 cm³/mol. The summed E-state index contributed by atoms with van der Waals surface area (Å²) in [5.74, 6) is 1.41. The molecule has 28 heavy (non-hydrogen) atoms. The Hall–Kier alpha value is -2.30. The Morgan fingerprint density at radius 2 is 1.75 bits per heavy atom. The summed E-state index contributed by atoms with van der Waals surface area (Å²) < 4.78 is 12.8. The highest BCUT2D eigenvalue weighted by atomic mass is 79.9. The standard InChI is InChI=1S/C23H21BrClNO2/c1-3-27-23-12-18(14-26-21-13-20(25)10-4-16(21)2)7-11-22(23)28-15-17-5-8-19(24)9-6-17/h4-14H,3,15H2,1-2H3. The summed E-state index contributed by atoms with van der Waals surface area (Å²) in [4.78, 5) is 4.56. The Morgan fingerprint density at radius 1 is 0.964 bits per heavy atom. The van der Waals surface area contributed by atoms with Crippen molar-refractivity contribution in [2.24, 2.45) is 4.99 Å². The minimum atomic E-state index is 0.475. The van der Waals surface area contributed by atoms with Gasteiger partial charge in [-0.1, -0.05) is 45.7 Å². The summed E-state index contributed by atoms with van der Waals surface area (Å²) in [6, 6.07) is 19.5. The zero-order chi connectivity index (χ0) is 19.9. The van der Waals surface area contributed by atoms with Gasteiger partial charge in [0.25, 0.3) is 0 Å². The highest BCUT2D eigenvalue weighted by Gasteiger charge is 2.07. The maximum Gasteiger partial charge on any atom is 0.161 e. The van der Waals surface area contributed by atoms with Gasteiger partial charge >= 0.3 is 0 Å². The van der Waals surface area contributed by atoms with E-state index < -0.39 is 0 Å². The maximum atomic E-state index is 6.07. The molecular formula is C23H21BrClNO2. The fourth-order valence-electron chi connectivity index (χ4n) is 2.60. The third kappa shape index (κ3) is 5.60. The van der Waals surface area contributed by atoms with Crippen molar-refractivity contribution >= 4 is 39.4 Å². The number of nitrogens with zero attached hydrogens (tertiary/aromatic N) is 1. The van der Waals surface area contributed by atoms with E-state index in [0.717, 1.165) is 26.9 Å². The summed E-state index contributed by atoms with van der Waals surface area (Å²) >= 11 is 9.51. The van der Waals surface area contributed by atoms with E-state index >= 15 is 0 Å². The number of halogens is 2. The van der Waals surface area contributed by atoms with Gasteiger partial charge in [-0.2, -0.15) is 0 Å². The summed E-state index contributed by atoms with van der Waals surface area (Å²) in [5.41, 5.74) is 3.94. The second-order valence-corrected chi connectivity index (χ2v) is 7.60. The van der Waals surface area contributed by atoms with Crippen LogP contribution in [0.3, 0.4) is 0 Å². The molecule has 0 saturated carbocycles. The van der Waals surface area contributed by atoms with Crippen LogP contribution in [-0.2, 0) is 6.61 Å². The first-order valence-corrected chi connectivity index (χ1v) is 10.2. The van der Waals surface area contributed by atoms with Crippen LogP contribution in [0.15, 0.2) is 70.1 Å². The number of aliphatic imine (C=N–C) groups is 1. The fraction of sp³-hybridized carbons (Fsp3) is 0.174. The normalized spacial score (nSPS) is 11.0. The topological polar surface area (TPSA) is 30.8 Å². The number of benzene rings is 3. The van der Waals surface area contributed by atoms with Gasteiger partial charge in [-0.3, -0.25) is 4.99 Å². The highest BCUT2D eigenvalue weighted by Crippen LogP contribution is 2.30. The van der Waals surface area contributed by atoms with Crippen LogP contribution in [0, 0.1) is 6.92 Å². The van der Waals surface area contributed by atoms with Crippen LogP contribution in [0.4, 0.5) is 5.69 Å². The molecule has 0 fully saturated rings. The number of hydrogen-bond acceptors (Lipinski definition) is 3. The Bertz CT molecular complexity index is 971. The van der Waals surface area contributed by atoms with Gasteiger partial charge in [0.1, 0.15) is 6.61 Å². The molecule has 3 aromatic rings. The lowest BCUT2D eigenvalue weighted by Gasteiger charge is -2.13. The van der Waals surface area contributed by atoms with Crippen LogP contribution in [0.1, 0.15) is 23.6 Å². The number of aryl methyl sites for hydroxylation is 1. The lowest BCUT2D eigenvalue weighted by Crippen LogP contribution is -2.00. The van der Waals surface area contributed by atoms with Crippen LogP contribution < -0.4 is 9.47 Å². The average Bonchev–Trinajstić information content (AvgIpc) is 2.69. The van der Waals surface area contributed by atoms with Gasteiger partial charge in [0.2, 0.25) is 0 Å². The lowest BCUT2D eigenvalue weighted by atomic mass is 10.2. The summed E-state index contributed by atoms with van der Waals surface area (Å²) in [6.45, 7) is 4.99. The minimum absolute atomic E-state index is 0.475. The van der Waals surface area contributed by atoms with Gasteiger partial charge in [-0.05, 0) is 73.0 Å². The SMILES string of the molecule is CCOc1cc(C=Nc2cc(Cl)ccc2C)ccc1OCc1ccc(Br)cc1. The molecule has 0 atom stereocenters. The molecule has 3 nitrogen and oxygen atoms in total. The minimum Gasteiger partial charge on any atom is -0.490 e. The van der Waals surface area contributed by atoms with Crippen LogP contribution in [0.5, 0.6) is 11.5 Å². The molecule has 0 amide bonds. The monoisotopic (exact) mass is 457 g/mol. The summed E-state index contributed by atoms with van der Waals surface area (Å²) in [5, 5.41) is 0.671. The Labute approximate surface area is 179 Å². The third-order valence-corrected chi connectivity index (χ3v) is 4.86. The highest BCUT2D eigenvalue weighted by molar-refractivity contribution is 9.10. The van der Waals surface area contributed by atoms with Crippen molar-refractivity contribution in [2.75, 3.05) is 6.61 Å². The molecule has 0 aliphatic heterocycles. The van der Waals surface area contributed by atoms with Crippen LogP contribution in [0.25, 0.3) is 0 Å². The number of ether oxygens (including phenoxy) is 2. The Morgan fingerprint density at radius 3 is 2.50 bits per heavy atom. The van der Waals surface area contributed by atoms with Gasteiger partial charge in [-0.15, -0.1) is 0 Å². The molecular weight excluding hydrogens is 438 g/mol. The summed E-state index contributed by atoms with van der Waals surface area (Å²) in [7, 11) is 0. The van der Waals surface area contributed by atoms with Gasteiger partial charge in [0.15, 0.2) is 11.5 Å². The quantitative estimate of drug-likeness (QED) is 0.352.